The van der Waals surface area contributed by atoms with E-state index >= 15 is 0 Å². The van der Waals surface area contributed by atoms with E-state index in [9.17, 15) is 13.2 Å². The number of hydrogen-bond donors (Lipinski definition) is 1. The lowest BCUT2D eigenvalue weighted by Gasteiger charge is -2.30. The molecule has 0 saturated heterocycles. The molecule has 168 valence electrons. The molecule has 1 N–H and O–H groups in total. The van der Waals surface area contributed by atoms with Crippen LogP contribution in [-0.2, 0) is 14.8 Å². The molecule has 8 heteroatoms. The lowest BCUT2D eigenvalue weighted by Crippen LogP contribution is -2.48. The van der Waals surface area contributed by atoms with Crippen molar-refractivity contribution in [2.75, 3.05) is 23.8 Å². The maximum Gasteiger partial charge on any atom is 0.244 e. The highest BCUT2D eigenvalue weighted by Crippen LogP contribution is 2.35. The Morgan fingerprint density at radius 3 is 2.35 bits per heavy atom. The second-order valence-corrected chi connectivity index (χ2v) is 9.74. The molecule has 31 heavy (non-hydrogen) atoms. The molecule has 0 fully saturated rings. The van der Waals surface area contributed by atoms with Gasteiger partial charge < -0.3 is 14.8 Å². The highest BCUT2D eigenvalue weighted by molar-refractivity contribution is 7.92. The Morgan fingerprint density at radius 1 is 1.06 bits per heavy atom. The maximum absolute atomic E-state index is 13.1. The zero-order valence-electron chi connectivity index (χ0n) is 18.6. The monoisotopic (exact) mass is 446 g/mol. The van der Waals surface area contributed by atoms with E-state index in [0.717, 1.165) is 21.7 Å². The van der Waals surface area contributed by atoms with Crippen LogP contribution in [0.2, 0.25) is 0 Å². The van der Waals surface area contributed by atoms with Gasteiger partial charge in [-0.15, -0.1) is 0 Å². The summed E-state index contributed by atoms with van der Waals surface area (Å²) in [6.07, 6.45) is 1.78. The second kappa shape index (κ2) is 9.18. The van der Waals surface area contributed by atoms with Crippen molar-refractivity contribution in [1.29, 1.82) is 0 Å². The predicted octanol–water partition coefficient (Wildman–Crippen LogP) is 3.50. The number of amides is 1. The van der Waals surface area contributed by atoms with Gasteiger partial charge in [-0.05, 0) is 56.0 Å². The van der Waals surface area contributed by atoms with Crippen LogP contribution in [0.3, 0.4) is 0 Å². The van der Waals surface area contributed by atoms with Crippen LogP contribution in [0.5, 0.6) is 11.5 Å². The average Bonchev–Trinajstić information content (AvgIpc) is 2.72. The number of ether oxygens (including phenoxy) is 2. The van der Waals surface area contributed by atoms with Gasteiger partial charge >= 0.3 is 0 Å². The first-order valence-electron chi connectivity index (χ1n) is 10.4. The highest BCUT2D eigenvalue weighted by atomic mass is 32.2. The van der Waals surface area contributed by atoms with Gasteiger partial charge in [0.2, 0.25) is 15.9 Å². The van der Waals surface area contributed by atoms with Gasteiger partial charge in [0.25, 0.3) is 0 Å². The minimum atomic E-state index is -3.73. The number of sulfonamides is 1. The molecule has 2 aromatic rings. The van der Waals surface area contributed by atoms with Gasteiger partial charge in [-0.1, -0.05) is 25.1 Å². The van der Waals surface area contributed by atoms with Crippen molar-refractivity contribution >= 4 is 21.6 Å². The van der Waals surface area contributed by atoms with E-state index in [4.69, 9.17) is 9.47 Å². The third-order valence-corrected chi connectivity index (χ3v) is 6.77. The number of benzene rings is 2. The van der Waals surface area contributed by atoms with Gasteiger partial charge in [-0.2, -0.15) is 0 Å². The first-order valence-corrected chi connectivity index (χ1v) is 12.2. The minimum Gasteiger partial charge on any atom is -0.486 e. The van der Waals surface area contributed by atoms with E-state index in [0.29, 0.717) is 36.8 Å². The molecule has 1 amide bonds. The molecule has 0 bridgehead atoms. The maximum atomic E-state index is 13.1. The van der Waals surface area contributed by atoms with E-state index in [1.807, 2.05) is 32.9 Å². The van der Waals surface area contributed by atoms with Crippen LogP contribution in [0.4, 0.5) is 5.69 Å². The summed E-state index contributed by atoms with van der Waals surface area (Å²) in [5, 5.41) is 3.01. The summed E-state index contributed by atoms with van der Waals surface area (Å²) in [6.45, 7) is 8.47. The molecule has 7 nitrogen and oxygen atoms in total. The molecule has 2 atom stereocenters. The number of aryl methyl sites for hydroxylation is 2. The van der Waals surface area contributed by atoms with E-state index in [1.165, 1.54) is 5.56 Å². The lowest BCUT2D eigenvalue weighted by atomic mass is 9.99. The molecule has 0 saturated carbocycles. The van der Waals surface area contributed by atoms with Crippen molar-refractivity contribution < 1.29 is 22.7 Å². The number of nitrogens with zero attached hydrogens (tertiary/aromatic N) is 1. The fourth-order valence-electron chi connectivity index (χ4n) is 3.67. The van der Waals surface area contributed by atoms with Gasteiger partial charge in [-0.25, -0.2) is 8.42 Å². The SMILES string of the molecule is CC[C@@H](NC(=O)[C@H](C)N(c1ccc2c(c1)OCCO2)S(C)(=O)=O)c1ccc(C)c(C)c1. The molecule has 3 rings (SSSR count). The molecule has 1 aliphatic rings. The summed E-state index contributed by atoms with van der Waals surface area (Å²) < 4.78 is 37.5. The topological polar surface area (TPSA) is 84.9 Å². The van der Waals surface area contributed by atoms with Gasteiger partial charge in [-0.3, -0.25) is 9.10 Å². The third kappa shape index (κ3) is 5.12. The number of carbonyl (C=O) groups is 1. The Morgan fingerprint density at radius 2 is 1.74 bits per heavy atom. The fraction of sp³-hybridized carbons (Fsp3) is 0.435. The molecule has 0 unspecified atom stereocenters. The Kier molecular flexibility index (Phi) is 6.79. The summed E-state index contributed by atoms with van der Waals surface area (Å²) in [7, 11) is -3.73. The smallest absolute Gasteiger partial charge is 0.244 e. The van der Waals surface area contributed by atoms with E-state index < -0.39 is 16.1 Å². The molecule has 0 radical (unpaired) electrons. The van der Waals surface area contributed by atoms with Gasteiger partial charge in [0.1, 0.15) is 19.3 Å². The van der Waals surface area contributed by atoms with Crippen molar-refractivity contribution in [1.82, 2.24) is 5.32 Å². The zero-order chi connectivity index (χ0) is 22.8. The predicted molar refractivity (Wildman–Crippen MR) is 121 cm³/mol. The molecule has 0 aliphatic carbocycles. The summed E-state index contributed by atoms with van der Waals surface area (Å²) in [6, 6.07) is 9.81. The summed E-state index contributed by atoms with van der Waals surface area (Å²) >= 11 is 0. The number of fused-ring (bicyclic) bond motifs is 1. The molecular weight excluding hydrogens is 416 g/mol. The lowest BCUT2D eigenvalue weighted by molar-refractivity contribution is -0.122. The molecule has 1 heterocycles. The van der Waals surface area contributed by atoms with E-state index in [2.05, 4.69) is 11.4 Å². The Hall–Kier alpha value is -2.74. The first-order chi connectivity index (χ1) is 14.6. The summed E-state index contributed by atoms with van der Waals surface area (Å²) in [5.74, 6) is 0.651. The normalized spacial score (nSPS) is 15.1. The largest absolute Gasteiger partial charge is 0.486 e. The van der Waals surface area contributed by atoms with Crippen LogP contribution in [0.25, 0.3) is 0 Å². The van der Waals surface area contributed by atoms with Crippen molar-refractivity contribution in [3.05, 3.63) is 53.1 Å². The average molecular weight is 447 g/mol. The number of carbonyl (C=O) groups excluding carboxylic acids is 1. The van der Waals surface area contributed by atoms with Crippen LogP contribution >= 0.6 is 0 Å². The third-order valence-electron chi connectivity index (χ3n) is 5.53. The fourth-order valence-corrected chi connectivity index (χ4v) is 4.84. The Balaban J connectivity index is 1.86. The van der Waals surface area contributed by atoms with Crippen molar-refractivity contribution in [2.45, 2.75) is 46.2 Å². The van der Waals surface area contributed by atoms with Gasteiger partial charge in [0.15, 0.2) is 11.5 Å². The number of hydrogen-bond acceptors (Lipinski definition) is 5. The second-order valence-electron chi connectivity index (χ2n) is 7.88. The van der Waals surface area contributed by atoms with Crippen LogP contribution < -0.4 is 19.1 Å². The number of anilines is 1. The standard InChI is InChI=1S/C23H30N2O5S/c1-6-20(18-8-7-15(2)16(3)13-18)24-23(26)17(4)25(31(5,27)28)19-9-10-21-22(14-19)30-12-11-29-21/h7-10,13-14,17,20H,6,11-12H2,1-5H3,(H,24,26)/t17-,20+/m0/s1. The van der Waals surface area contributed by atoms with E-state index in [-0.39, 0.29) is 11.9 Å². The van der Waals surface area contributed by atoms with Crippen molar-refractivity contribution in [3.8, 4) is 11.5 Å². The molecule has 1 aliphatic heterocycles. The van der Waals surface area contributed by atoms with Crippen LogP contribution in [0.1, 0.15) is 43.0 Å². The molecule has 0 spiro atoms. The Labute approximate surface area is 184 Å². The van der Waals surface area contributed by atoms with Crippen molar-refractivity contribution in [2.24, 2.45) is 0 Å². The number of rotatable bonds is 7. The van der Waals surface area contributed by atoms with Gasteiger partial charge in [0.05, 0.1) is 18.0 Å². The number of nitrogens with one attached hydrogen (secondary N) is 1. The summed E-state index contributed by atoms with van der Waals surface area (Å²) in [4.78, 5) is 13.1. The summed E-state index contributed by atoms with van der Waals surface area (Å²) in [5.41, 5.74) is 3.68. The molecular formula is C23H30N2O5S. The van der Waals surface area contributed by atoms with Crippen molar-refractivity contribution in [3.63, 3.8) is 0 Å². The quantitative estimate of drug-likeness (QED) is 0.704. The highest BCUT2D eigenvalue weighted by Gasteiger charge is 2.31. The Bertz CT molecular complexity index is 1070. The first kappa shape index (κ1) is 22.9. The van der Waals surface area contributed by atoms with Crippen LogP contribution in [-0.4, -0.2) is 39.8 Å². The van der Waals surface area contributed by atoms with Gasteiger partial charge in [0, 0.05) is 6.07 Å². The molecule has 2 aromatic carbocycles. The zero-order valence-corrected chi connectivity index (χ0v) is 19.5. The molecule has 0 aromatic heterocycles. The van der Waals surface area contributed by atoms with E-state index in [1.54, 1.807) is 25.1 Å². The van der Waals surface area contributed by atoms with Crippen LogP contribution in [0, 0.1) is 13.8 Å². The minimum absolute atomic E-state index is 0.212. The van der Waals surface area contributed by atoms with Crippen LogP contribution in [0.15, 0.2) is 36.4 Å².